The van der Waals surface area contributed by atoms with Crippen LogP contribution in [-0.2, 0) is 9.63 Å². The quantitative estimate of drug-likeness (QED) is 0.836. The van der Waals surface area contributed by atoms with Gasteiger partial charge in [-0.25, -0.2) is 4.79 Å². The number of nitrogens with zero attached hydrogens (tertiary/aromatic N) is 1. The molecular formula is C18H23NO4. The highest BCUT2D eigenvalue weighted by molar-refractivity contribution is 5.75. The topological polar surface area (TPSA) is 48.0 Å². The van der Waals surface area contributed by atoms with Crippen molar-refractivity contribution < 1.29 is 19.1 Å². The summed E-state index contributed by atoms with van der Waals surface area (Å²) in [5, 5.41) is 1.77. The van der Waals surface area contributed by atoms with Crippen molar-refractivity contribution in [3.05, 3.63) is 29.3 Å². The summed E-state index contributed by atoms with van der Waals surface area (Å²) in [6.45, 7) is 7.36. The molecule has 0 saturated carbocycles. The molecule has 0 amide bonds. The highest BCUT2D eigenvalue weighted by Gasteiger charge is 2.27. The molecule has 1 saturated heterocycles. The zero-order chi connectivity index (χ0) is 16.4. The summed E-state index contributed by atoms with van der Waals surface area (Å²) in [4.78, 5) is 17.4. The van der Waals surface area contributed by atoms with E-state index >= 15 is 0 Å². The van der Waals surface area contributed by atoms with E-state index in [1.54, 1.807) is 5.06 Å². The minimum Gasteiger partial charge on any atom is -0.454 e. The van der Waals surface area contributed by atoms with Gasteiger partial charge in [-0.15, -0.1) is 5.06 Å². The zero-order valence-electron chi connectivity index (χ0n) is 13.9. The lowest BCUT2D eigenvalue weighted by atomic mass is 9.97. The van der Waals surface area contributed by atoms with Gasteiger partial charge in [-0.05, 0) is 51.3 Å². The minimum absolute atomic E-state index is 0.180. The summed E-state index contributed by atoms with van der Waals surface area (Å²) < 4.78 is 10.7. The summed E-state index contributed by atoms with van der Waals surface area (Å²) in [5.41, 5.74) is 2.00. The highest BCUT2D eigenvalue weighted by Crippen LogP contribution is 2.33. The van der Waals surface area contributed by atoms with Crippen LogP contribution in [0.4, 0.5) is 0 Å². The molecule has 23 heavy (non-hydrogen) atoms. The minimum atomic E-state index is -0.470. The van der Waals surface area contributed by atoms with Crippen LogP contribution in [0.5, 0.6) is 11.5 Å². The molecule has 3 rings (SSSR count). The molecule has 2 aliphatic rings. The third-order valence-corrected chi connectivity index (χ3v) is 3.96. The van der Waals surface area contributed by atoms with Gasteiger partial charge in [-0.2, -0.15) is 0 Å². The Balaban J connectivity index is 1.57. The first-order chi connectivity index (χ1) is 10.9. The molecule has 0 N–H and O–H groups in total. The van der Waals surface area contributed by atoms with Crippen LogP contribution in [0.15, 0.2) is 23.8 Å². The van der Waals surface area contributed by atoms with Crippen LogP contribution in [0, 0.1) is 5.41 Å². The second kappa shape index (κ2) is 6.24. The van der Waals surface area contributed by atoms with Gasteiger partial charge < -0.3 is 14.3 Å². The number of carbonyl (C=O) groups is 1. The van der Waals surface area contributed by atoms with Crippen LogP contribution in [0.1, 0.15) is 39.2 Å². The first kappa shape index (κ1) is 15.9. The molecule has 0 aliphatic carbocycles. The second-order valence-corrected chi connectivity index (χ2v) is 6.97. The summed E-state index contributed by atoms with van der Waals surface area (Å²) >= 11 is 0. The number of rotatable bonds is 2. The molecule has 0 atom stereocenters. The van der Waals surface area contributed by atoms with E-state index in [0.29, 0.717) is 6.79 Å². The van der Waals surface area contributed by atoms with Crippen molar-refractivity contribution in [1.82, 2.24) is 5.06 Å². The molecule has 0 aromatic heterocycles. The van der Waals surface area contributed by atoms with E-state index in [1.165, 1.54) is 5.57 Å². The monoisotopic (exact) mass is 317 g/mol. The molecule has 0 unspecified atom stereocenters. The number of fused-ring (bicyclic) bond motifs is 1. The van der Waals surface area contributed by atoms with E-state index in [0.717, 1.165) is 43.0 Å². The zero-order valence-corrected chi connectivity index (χ0v) is 13.9. The van der Waals surface area contributed by atoms with Crippen LogP contribution >= 0.6 is 0 Å². The molecule has 5 heteroatoms. The van der Waals surface area contributed by atoms with Crippen LogP contribution in [0.3, 0.4) is 0 Å². The third kappa shape index (κ3) is 3.85. The number of benzene rings is 1. The van der Waals surface area contributed by atoms with E-state index in [1.807, 2.05) is 39.0 Å². The van der Waals surface area contributed by atoms with Gasteiger partial charge in [0, 0.05) is 13.1 Å². The number of piperidine rings is 1. The Hall–Kier alpha value is -2.01. The van der Waals surface area contributed by atoms with Gasteiger partial charge >= 0.3 is 5.97 Å². The van der Waals surface area contributed by atoms with Crippen molar-refractivity contribution in [3.8, 4) is 11.5 Å². The van der Waals surface area contributed by atoms with Crippen LogP contribution in [0.25, 0.3) is 6.08 Å². The van der Waals surface area contributed by atoms with Crippen molar-refractivity contribution in [2.45, 2.75) is 33.6 Å². The highest BCUT2D eigenvalue weighted by atomic mass is 16.7. The van der Waals surface area contributed by atoms with Crippen LogP contribution < -0.4 is 9.47 Å². The Bertz CT molecular complexity index is 620. The van der Waals surface area contributed by atoms with Crippen molar-refractivity contribution in [2.75, 3.05) is 19.9 Å². The van der Waals surface area contributed by atoms with E-state index in [4.69, 9.17) is 14.3 Å². The van der Waals surface area contributed by atoms with Gasteiger partial charge in [-0.3, -0.25) is 0 Å². The first-order valence-corrected chi connectivity index (χ1v) is 7.98. The number of hydrogen-bond donors (Lipinski definition) is 0. The van der Waals surface area contributed by atoms with E-state index < -0.39 is 5.41 Å². The summed E-state index contributed by atoms with van der Waals surface area (Å²) in [6, 6.07) is 5.98. The van der Waals surface area contributed by atoms with Gasteiger partial charge in [0.1, 0.15) is 0 Å². The largest absolute Gasteiger partial charge is 0.454 e. The summed E-state index contributed by atoms with van der Waals surface area (Å²) in [5.74, 6) is 1.42. The SMILES string of the molecule is CC(C)(C)C(=O)ON1CCC(=Cc2ccc3c(c2)OCO3)CC1. The number of carbonyl (C=O) groups excluding carboxylic acids is 1. The van der Waals surface area contributed by atoms with Crippen LogP contribution in [0.2, 0.25) is 0 Å². The molecule has 5 nitrogen and oxygen atoms in total. The molecule has 2 aliphatic heterocycles. The molecule has 2 heterocycles. The summed E-state index contributed by atoms with van der Waals surface area (Å²) in [6.07, 6.45) is 3.97. The van der Waals surface area contributed by atoms with Gasteiger partial charge in [0.05, 0.1) is 5.41 Å². The maximum atomic E-state index is 11.9. The normalized spacial score (nSPS) is 18.0. The van der Waals surface area contributed by atoms with Gasteiger partial charge in [0.2, 0.25) is 6.79 Å². The molecule has 0 bridgehead atoms. The lowest BCUT2D eigenvalue weighted by molar-refractivity contribution is -0.202. The van der Waals surface area contributed by atoms with Gasteiger partial charge in [0.25, 0.3) is 0 Å². The fraction of sp³-hybridized carbons (Fsp3) is 0.500. The maximum absolute atomic E-state index is 11.9. The molecule has 1 aromatic carbocycles. The van der Waals surface area contributed by atoms with Crippen molar-refractivity contribution >= 4 is 12.0 Å². The Morgan fingerprint density at radius 3 is 2.57 bits per heavy atom. The molecule has 124 valence electrons. The Morgan fingerprint density at radius 2 is 1.87 bits per heavy atom. The molecule has 0 spiro atoms. The average molecular weight is 317 g/mol. The molecule has 1 fully saturated rings. The predicted octanol–water partition coefficient (Wildman–Crippen LogP) is 3.40. The second-order valence-electron chi connectivity index (χ2n) is 6.97. The fourth-order valence-electron chi connectivity index (χ4n) is 2.50. The Morgan fingerprint density at radius 1 is 1.17 bits per heavy atom. The predicted molar refractivity (Wildman–Crippen MR) is 86.9 cm³/mol. The standard InChI is InChI=1S/C18H23NO4/c1-18(2,3)17(20)23-19-8-6-13(7-9-19)10-14-4-5-15-16(11-14)22-12-21-15/h4-5,10-11H,6-9,12H2,1-3H3. The third-order valence-electron chi connectivity index (χ3n) is 3.96. The van der Waals surface area contributed by atoms with Gasteiger partial charge in [-0.1, -0.05) is 17.7 Å². The van der Waals surface area contributed by atoms with E-state index in [-0.39, 0.29) is 5.97 Å². The van der Waals surface area contributed by atoms with Crippen molar-refractivity contribution in [3.63, 3.8) is 0 Å². The van der Waals surface area contributed by atoms with E-state index in [9.17, 15) is 4.79 Å². The fourth-order valence-corrected chi connectivity index (χ4v) is 2.50. The average Bonchev–Trinajstić information content (AvgIpc) is 2.96. The Labute approximate surface area is 136 Å². The molecular weight excluding hydrogens is 294 g/mol. The van der Waals surface area contributed by atoms with Crippen LogP contribution in [-0.4, -0.2) is 30.9 Å². The maximum Gasteiger partial charge on any atom is 0.330 e. The van der Waals surface area contributed by atoms with E-state index in [2.05, 4.69) is 6.08 Å². The lowest BCUT2D eigenvalue weighted by Crippen LogP contribution is -2.37. The number of ether oxygens (including phenoxy) is 2. The summed E-state index contributed by atoms with van der Waals surface area (Å²) in [7, 11) is 0. The first-order valence-electron chi connectivity index (χ1n) is 7.98. The molecule has 1 aromatic rings. The Kier molecular flexibility index (Phi) is 4.31. The lowest BCUT2D eigenvalue weighted by Gasteiger charge is -2.29. The van der Waals surface area contributed by atoms with Crippen molar-refractivity contribution in [1.29, 1.82) is 0 Å². The molecule has 0 radical (unpaired) electrons. The number of hydroxylamine groups is 2. The van der Waals surface area contributed by atoms with Crippen molar-refractivity contribution in [2.24, 2.45) is 5.41 Å². The number of hydrogen-bond acceptors (Lipinski definition) is 5. The van der Waals surface area contributed by atoms with Gasteiger partial charge in [0.15, 0.2) is 11.5 Å². The smallest absolute Gasteiger partial charge is 0.330 e.